The Balaban J connectivity index is 2.23. The van der Waals surface area contributed by atoms with Gasteiger partial charge < -0.3 is 10.4 Å². The Kier molecular flexibility index (Phi) is 4.42. The molecule has 1 aromatic carbocycles. The molecule has 0 unspecified atom stereocenters. The lowest BCUT2D eigenvalue weighted by Gasteiger charge is -2.05. The number of aliphatic hydroxyl groups is 1. The third kappa shape index (κ3) is 3.40. The molecule has 3 N–H and O–H groups in total. The fourth-order valence-electron chi connectivity index (χ4n) is 1.44. The summed E-state index contributed by atoms with van der Waals surface area (Å²) in [5.74, 6) is 4.44. The van der Waals surface area contributed by atoms with Gasteiger partial charge in [-0.3, -0.25) is 4.79 Å². The quantitative estimate of drug-likeness (QED) is 0.726. The second kappa shape index (κ2) is 6.45. The molecule has 20 heavy (non-hydrogen) atoms. The Bertz CT molecular complexity index is 659. The number of aromatic amines is 1. The largest absolute Gasteiger partial charge is 0.395 e. The molecule has 6 nitrogen and oxygen atoms in total. The third-order valence-electron chi connectivity index (χ3n) is 2.34. The summed E-state index contributed by atoms with van der Waals surface area (Å²) in [7, 11) is 0. The molecule has 1 heterocycles. The van der Waals surface area contributed by atoms with Crippen LogP contribution in [-0.2, 0) is 0 Å². The highest BCUT2D eigenvalue weighted by Crippen LogP contribution is 2.16. The molecule has 0 fully saturated rings. The summed E-state index contributed by atoms with van der Waals surface area (Å²) in [6.45, 7) is -0.0804. The number of amides is 1. The number of aromatic nitrogens is 3. The zero-order chi connectivity index (χ0) is 14.4. The number of rotatable bonds is 3. The average molecular weight is 274 g/mol. The van der Waals surface area contributed by atoms with Crippen molar-refractivity contribution in [3.05, 3.63) is 41.5 Å². The molecule has 0 spiro atoms. The molecular weight excluding hydrogens is 263 g/mol. The summed E-state index contributed by atoms with van der Waals surface area (Å²) in [5.41, 5.74) is 0.809. The van der Waals surface area contributed by atoms with Crippen LogP contribution in [0, 0.1) is 17.7 Å². The first-order valence-electron chi connectivity index (χ1n) is 5.77. The van der Waals surface area contributed by atoms with Crippen LogP contribution in [0.3, 0.4) is 0 Å². The van der Waals surface area contributed by atoms with E-state index in [0.717, 1.165) is 0 Å². The van der Waals surface area contributed by atoms with Crippen LogP contribution in [0.4, 0.5) is 10.1 Å². The van der Waals surface area contributed by atoms with Crippen molar-refractivity contribution in [1.82, 2.24) is 15.4 Å². The first kappa shape index (κ1) is 13.7. The first-order valence-corrected chi connectivity index (χ1v) is 5.77. The Morgan fingerprint density at radius 3 is 3.05 bits per heavy atom. The fourth-order valence-corrected chi connectivity index (χ4v) is 1.44. The van der Waals surface area contributed by atoms with Crippen molar-refractivity contribution in [3.8, 4) is 11.8 Å². The Hall–Kier alpha value is -2.72. The monoisotopic (exact) mass is 274 g/mol. The van der Waals surface area contributed by atoms with E-state index in [1.807, 2.05) is 0 Å². The van der Waals surface area contributed by atoms with Crippen molar-refractivity contribution >= 4 is 11.6 Å². The molecule has 1 aromatic heterocycles. The molecule has 2 aromatic rings. The SMILES string of the molecule is O=C(Nc1ccc(F)cc1C#CCCO)c1cn[nH]n1. The summed E-state index contributed by atoms with van der Waals surface area (Å²) in [6.07, 6.45) is 1.54. The second-order valence-electron chi connectivity index (χ2n) is 3.77. The van der Waals surface area contributed by atoms with Gasteiger partial charge in [0.2, 0.25) is 0 Å². The highest BCUT2D eigenvalue weighted by Gasteiger charge is 2.11. The van der Waals surface area contributed by atoms with E-state index in [0.29, 0.717) is 11.3 Å². The molecule has 0 bridgehead atoms. The van der Waals surface area contributed by atoms with E-state index in [1.165, 1.54) is 24.4 Å². The normalized spacial score (nSPS) is 9.70. The van der Waals surface area contributed by atoms with Gasteiger partial charge in [-0.2, -0.15) is 15.4 Å². The number of benzene rings is 1. The highest BCUT2D eigenvalue weighted by molar-refractivity contribution is 6.03. The molecule has 0 atom stereocenters. The van der Waals surface area contributed by atoms with Crippen LogP contribution in [0.15, 0.2) is 24.4 Å². The molecule has 0 saturated carbocycles. The van der Waals surface area contributed by atoms with Crippen LogP contribution in [0.1, 0.15) is 22.5 Å². The number of nitrogens with zero attached hydrogens (tertiary/aromatic N) is 2. The van der Waals surface area contributed by atoms with Gasteiger partial charge in [-0.15, -0.1) is 0 Å². The van der Waals surface area contributed by atoms with Gasteiger partial charge in [0, 0.05) is 6.42 Å². The van der Waals surface area contributed by atoms with Gasteiger partial charge in [0.05, 0.1) is 24.1 Å². The van der Waals surface area contributed by atoms with Gasteiger partial charge >= 0.3 is 0 Å². The van der Waals surface area contributed by atoms with E-state index in [-0.39, 0.29) is 18.7 Å². The summed E-state index contributed by atoms with van der Waals surface area (Å²) < 4.78 is 13.2. The predicted molar refractivity (Wildman–Crippen MR) is 69.3 cm³/mol. The Morgan fingerprint density at radius 1 is 1.50 bits per heavy atom. The molecule has 0 aliphatic heterocycles. The minimum absolute atomic E-state index is 0.0804. The number of halogens is 1. The van der Waals surface area contributed by atoms with Gasteiger partial charge in [0.15, 0.2) is 5.69 Å². The molecule has 0 radical (unpaired) electrons. The fraction of sp³-hybridized carbons (Fsp3) is 0.154. The van der Waals surface area contributed by atoms with Crippen LogP contribution >= 0.6 is 0 Å². The van der Waals surface area contributed by atoms with Crippen molar-refractivity contribution in [1.29, 1.82) is 0 Å². The Morgan fingerprint density at radius 2 is 2.35 bits per heavy atom. The van der Waals surface area contributed by atoms with Crippen LogP contribution in [0.5, 0.6) is 0 Å². The van der Waals surface area contributed by atoms with E-state index < -0.39 is 11.7 Å². The first-order chi connectivity index (χ1) is 9.70. The maximum atomic E-state index is 13.2. The van der Waals surface area contributed by atoms with Gasteiger partial charge in [-0.25, -0.2) is 4.39 Å². The lowest BCUT2D eigenvalue weighted by atomic mass is 10.1. The molecule has 7 heteroatoms. The zero-order valence-corrected chi connectivity index (χ0v) is 10.4. The topological polar surface area (TPSA) is 90.9 Å². The molecule has 0 saturated heterocycles. The molecular formula is C13H11FN4O2. The highest BCUT2D eigenvalue weighted by atomic mass is 19.1. The van der Waals surface area contributed by atoms with E-state index >= 15 is 0 Å². The van der Waals surface area contributed by atoms with Gasteiger partial charge in [0.1, 0.15) is 5.82 Å². The number of carbonyl (C=O) groups excluding carboxylic acids is 1. The molecule has 1 amide bonds. The Labute approximate surface area is 114 Å². The summed E-state index contributed by atoms with van der Waals surface area (Å²) >= 11 is 0. The van der Waals surface area contributed by atoms with Crippen LogP contribution in [0.2, 0.25) is 0 Å². The van der Waals surface area contributed by atoms with Gasteiger partial charge in [-0.05, 0) is 18.2 Å². The van der Waals surface area contributed by atoms with Crippen molar-refractivity contribution < 1.29 is 14.3 Å². The minimum Gasteiger partial charge on any atom is -0.395 e. The van der Waals surface area contributed by atoms with E-state index in [9.17, 15) is 9.18 Å². The number of nitrogens with one attached hydrogen (secondary N) is 2. The van der Waals surface area contributed by atoms with Crippen molar-refractivity contribution in [2.75, 3.05) is 11.9 Å². The van der Waals surface area contributed by atoms with Gasteiger partial charge in [-0.1, -0.05) is 11.8 Å². The molecule has 102 valence electrons. The third-order valence-corrected chi connectivity index (χ3v) is 2.34. The number of carbonyl (C=O) groups is 1. The number of anilines is 1. The smallest absolute Gasteiger partial charge is 0.277 e. The molecule has 0 aliphatic carbocycles. The summed E-state index contributed by atoms with van der Waals surface area (Å²) in [6, 6.07) is 3.84. The number of hydrogen-bond donors (Lipinski definition) is 3. The molecule has 0 aliphatic rings. The van der Waals surface area contributed by atoms with Gasteiger partial charge in [0.25, 0.3) is 5.91 Å². The number of H-pyrrole nitrogens is 1. The summed E-state index contributed by atoms with van der Waals surface area (Å²) in [5, 5.41) is 20.7. The molecule has 2 rings (SSSR count). The van der Waals surface area contributed by atoms with Crippen LogP contribution in [-0.4, -0.2) is 33.0 Å². The van der Waals surface area contributed by atoms with Crippen molar-refractivity contribution in [2.24, 2.45) is 0 Å². The van der Waals surface area contributed by atoms with Crippen molar-refractivity contribution in [3.63, 3.8) is 0 Å². The number of hydrogen-bond acceptors (Lipinski definition) is 4. The number of aliphatic hydroxyl groups excluding tert-OH is 1. The maximum Gasteiger partial charge on any atom is 0.277 e. The maximum absolute atomic E-state index is 13.2. The average Bonchev–Trinajstić information content (AvgIpc) is 2.96. The minimum atomic E-state index is -0.476. The van der Waals surface area contributed by atoms with Crippen LogP contribution < -0.4 is 5.32 Å². The standard InChI is InChI=1S/C13H11FN4O2/c14-10-4-5-11(9(7-10)3-1-2-6-19)16-13(20)12-8-15-18-17-12/h4-5,7-8,19H,2,6H2,(H,16,20)(H,15,17,18). The second-order valence-corrected chi connectivity index (χ2v) is 3.77. The zero-order valence-electron chi connectivity index (χ0n) is 10.4. The van der Waals surface area contributed by atoms with Crippen molar-refractivity contribution in [2.45, 2.75) is 6.42 Å². The van der Waals surface area contributed by atoms with E-state index in [4.69, 9.17) is 5.11 Å². The summed E-state index contributed by atoms with van der Waals surface area (Å²) in [4.78, 5) is 11.8. The van der Waals surface area contributed by atoms with E-state index in [2.05, 4.69) is 32.6 Å². The van der Waals surface area contributed by atoms with Crippen LogP contribution in [0.25, 0.3) is 0 Å². The van der Waals surface area contributed by atoms with E-state index in [1.54, 1.807) is 0 Å². The lowest BCUT2D eigenvalue weighted by Crippen LogP contribution is -2.13. The predicted octanol–water partition coefficient (Wildman–Crippen LogP) is 0.930. The lowest BCUT2D eigenvalue weighted by molar-refractivity contribution is 0.102.